The zero-order valence-corrected chi connectivity index (χ0v) is 10.7. The molecule has 0 atom stereocenters. The molecule has 96 valence electrons. The number of aromatic nitrogens is 4. The predicted octanol–water partition coefficient (Wildman–Crippen LogP) is 1.36. The van der Waals surface area contributed by atoms with E-state index in [0.717, 1.165) is 17.1 Å². The van der Waals surface area contributed by atoms with Crippen molar-refractivity contribution in [3.05, 3.63) is 24.3 Å². The number of hydrogen-bond donors (Lipinski definition) is 3. The van der Waals surface area contributed by atoms with Crippen LogP contribution in [0.4, 0.5) is 17.3 Å². The molecule has 0 amide bonds. The van der Waals surface area contributed by atoms with Gasteiger partial charge in [-0.25, -0.2) is 15.8 Å². The summed E-state index contributed by atoms with van der Waals surface area (Å²) in [5, 5.41) is 7.32. The van der Waals surface area contributed by atoms with Crippen molar-refractivity contribution >= 4 is 17.3 Å². The Labute approximate surface area is 105 Å². The minimum absolute atomic E-state index is 0.247. The molecule has 0 radical (unpaired) electrons. The zero-order chi connectivity index (χ0) is 13.1. The van der Waals surface area contributed by atoms with Crippen molar-refractivity contribution in [2.75, 3.05) is 10.7 Å². The number of nitrogens with two attached hydrogens (primary N) is 1. The minimum Gasteiger partial charge on any atom is -0.337 e. The number of nitrogens with one attached hydrogen (secondary N) is 2. The quantitative estimate of drug-likeness (QED) is 0.558. The summed E-state index contributed by atoms with van der Waals surface area (Å²) in [4.78, 5) is 8.38. The van der Waals surface area contributed by atoms with E-state index < -0.39 is 0 Å². The molecule has 2 heterocycles. The highest BCUT2D eigenvalue weighted by molar-refractivity contribution is 5.64. The van der Waals surface area contributed by atoms with E-state index in [2.05, 4.69) is 39.7 Å². The summed E-state index contributed by atoms with van der Waals surface area (Å²) < 4.78 is 1.72. The third kappa shape index (κ3) is 2.40. The lowest BCUT2D eigenvalue weighted by Crippen LogP contribution is -2.14. The lowest BCUT2D eigenvalue weighted by atomic mass is 10.0. The maximum Gasteiger partial charge on any atom is 0.148 e. The minimum atomic E-state index is 0.247. The molecule has 0 aliphatic rings. The van der Waals surface area contributed by atoms with Crippen LogP contribution < -0.4 is 16.6 Å². The van der Waals surface area contributed by atoms with Gasteiger partial charge < -0.3 is 10.7 Å². The Morgan fingerprint density at radius 2 is 2.00 bits per heavy atom. The summed E-state index contributed by atoms with van der Waals surface area (Å²) in [6.45, 7) is 4.13. The van der Waals surface area contributed by atoms with Gasteiger partial charge in [0.05, 0.1) is 11.9 Å². The Kier molecular flexibility index (Phi) is 3.42. The van der Waals surface area contributed by atoms with Crippen molar-refractivity contribution in [2.24, 2.45) is 12.9 Å². The van der Waals surface area contributed by atoms with E-state index in [0.29, 0.717) is 5.82 Å². The van der Waals surface area contributed by atoms with Crippen LogP contribution in [0.25, 0.3) is 0 Å². The van der Waals surface area contributed by atoms with Gasteiger partial charge >= 0.3 is 0 Å². The third-order valence-electron chi connectivity index (χ3n) is 2.57. The summed E-state index contributed by atoms with van der Waals surface area (Å²) in [5.41, 5.74) is 4.42. The normalized spacial score (nSPS) is 10.7. The lowest BCUT2D eigenvalue weighted by Gasteiger charge is -2.15. The first kappa shape index (κ1) is 12.3. The van der Waals surface area contributed by atoms with Gasteiger partial charge in [0.1, 0.15) is 18.0 Å². The largest absolute Gasteiger partial charge is 0.337 e. The molecule has 4 N–H and O–H groups in total. The van der Waals surface area contributed by atoms with E-state index in [1.807, 2.05) is 13.2 Å². The highest BCUT2D eigenvalue weighted by atomic mass is 15.3. The number of nitrogens with zero attached hydrogens (tertiary/aromatic N) is 4. The molecule has 0 unspecified atom stereocenters. The van der Waals surface area contributed by atoms with E-state index in [9.17, 15) is 0 Å². The molecule has 0 aliphatic carbocycles. The number of hydrogen-bond acceptors (Lipinski definition) is 6. The number of aryl methyl sites for hydroxylation is 1. The first-order chi connectivity index (χ1) is 8.61. The molecule has 18 heavy (non-hydrogen) atoms. The summed E-state index contributed by atoms with van der Waals surface area (Å²) in [6, 6.07) is 0. The highest BCUT2D eigenvalue weighted by Crippen LogP contribution is 2.29. The van der Waals surface area contributed by atoms with Crippen molar-refractivity contribution in [1.29, 1.82) is 0 Å². The molecule has 0 spiro atoms. The van der Waals surface area contributed by atoms with Crippen LogP contribution in [0.2, 0.25) is 0 Å². The topological polar surface area (TPSA) is 93.7 Å². The maximum atomic E-state index is 5.47. The van der Waals surface area contributed by atoms with Gasteiger partial charge in [0, 0.05) is 18.8 Å². The molecule has 7 nitrogen and oxygen atoms in total. The summed E-state index contributed by atoms with van der Waals surface area (Å²) in [5.74, 6) is 7.08. The highest BCUT2D eigenvalue weighted by Gasteiger charge is 2.14. The smallest absolute Gasteiger partial charge is 0.148 e. The first-order valence-electron chi connectivity index (χ1n) is 5.69. The van der Waals surface area contributed by atoms with Crippen LogP contribution in [0.3, 0.4) is 0 Å². The van der Waals surface area contributed by atoms with Gasteiger partial charge in [0.2, 0.25) is 0 Å². The molecular formula is C11H17N7. The van der Waals surface area contributed by atoms with E-state index in [1.54, 1.807) is 10.9 Å². The van der Waals surface area contributed by atoms with Crippen LogP contribution in [0.15, 0.2) is 18.7 Å². The lowest BCUT2D eigenvalue weighted by molar-refractivity contribution is 0.768. The van der Waals surface area contributed by atoms with Crippen LogP contribution >= 0.6 is 0 Å². The summed E-state index contributed by atoms with van der Waals surface area (Å²) >= 11 is 0. The Bertz CT molecular complexity index is 532. The number of rotatable bonds is 4. The van der Waals surface area contributed by atoms with Gasteiger partial charge in [-0.3, -0.25) is 4.68 Å². The van der Waals surface area contributed by atoms with Crippen molar-refractivity contribution in [3.63, 3.8) is 0 Å². The average Bonchev–Trinajstić information content (AvgIpc) is 2.74. The molecule has 0 aromatic carbocycles. The van der Waals surface area contributed by atoms with Gasteiger partial charge in [-0.1, -0.05) is 13.8 Å². The fraction of sp³-hybridized carbons (Fsp3) is 0.364. The SMILES string of the molecule is CC(C)c1c(NN)ncnc1Nc1cnn(C)c1. The number of anilines is 3. The van der Waals surface area contributed by atoms with Gasteiger partial charge in [0.15, 0.2) is 0 Å². The summed E-state index contributed by atoms with van der Waals surface area (Å²) in [7, 11) is 1.86. The fourth-order valence-electron chi connectivity index (χ4n) is 1.78. The van der Waals surface area contributed by atoms with Crippen LogP contribution in [0, 0.1) is 0 Å². The molecule has 0 fully saturated rings. The molecule has 7 heteroatoms. The second-order valence-electron chi connectivity index (χ2n) is 4.31. The Morgan fingerprint density at radius 3 is 2.56 bits per heavy atom. The molecule has 2 aromatic heterocycles. The van der Waals surface area contributed by atoms with Crippen LogP contribution in [-0.4, -0.2) is 19.7 Å². The molecule has 2 aromatic rings. The van der Waals surface area contributed by atoms with Crippen LogP contribution in [0.5, 0.6) is 0 Å². The first-order valence-corrected chi connectivity index (χ1v) is 5.69. The van der Waals surface area contributed by atoms with Gasteiger partial charge in [-0.05, 0) is 5.92 Å². The second-order valence-corrected chi connectivity index (χ2v) is 4.31. The van der Waals surface area contributed by atoms with Gasteiger partial charge in [0.25, 0.3) is 0 Å². The molecule has 0 saturated heterocycles. The average molecular weight is 247 g/mol. The Hall–Kier alpha value is -2.15. The molecule has 0 saturated carbocycles. The Balaban J connectivity index is 2.37. The third-order valence-corrected chi connectivity index (χ3v) is 2.57. The molecule has 2 rings (SSSR count). The monoisotopic (exact) mass is 247 g/mol. The zero-order valence-electron chi connectivity index (χ0n) is 10.7. The number of nitrogen functional groups attached to an aromatic ring is 1. The molecule has 0 bridgehead atoms. The van der Waals surface area contributed by atoms with Crippen molar-refractivity contribution in [1.82, 2.24) is 19.7 Å². The van der Waals surface area contributed by atoms with Crippen LogP contribution in [0.1, 0.15) is 25.3 Å². The van der Waals surface area contributed by atoms with E-state index >= 15 is 0 Å². The van der Waals surface area contributed by atoms with Crippen molar-refractivity contribution in [2.45, 2.75) is 19.8 Å². The van der Waals surface area contributed by atoms with E-state index in [4.69, 9.17) is 5.84 Å². The second kappa shape index (κ2) is 5.01. The van der Waals surface area contributed by atoms with Gasteiger partial charge in [-0.2, -0.15) is 5.10 Å². The van der Waals surface area contributed by atoms with Crippen LogP contribution in [-0.2, 0) is 7.05 Å². The molecule has 0 aliphatic heterocycles. The van der Waals surface area contributed by atoms with E-state index in [1.165, 1.54) is 6.33 Å². The van der Waals surface area contributed by atoms with E-state index in [-0.39, 0.29) is 5.92 Å². The molecular weight excluding hydrogens is 230 g/mol. The summed E-state index contributed by atoms with van der Waals surface area (Å²) in [6.07, 6.45) is 5.09. The predicted molar refractivity (Wildman–Crippen MR) is 70.4 cm³/mol. The standard InChI is InChI=1S/C11H17N7/c1-7(2)9-10(13-6-14-11(9)17-12)16-8-4-15-18(3)5-8/h4-7H,12H2,1-3H3,(H2,13,14,16,17). The van der Waals surface area contributed by atoms with Crippen molar-refractivity contribution in [3.8, 4) is 0 Å². The Morgan fingerprint density at radius 1 is 1.28 bits per heavy atom. The fourth-order valence-corrected chi connectivity index (χ4v) is 1.78. The number of hydrazine groups is 1. The van der Waals surface area contributed by atoms with Gasteiger partial charge in [-0.15, -0.1) is 0 Å². The maximum absolute atomic E-state index is 5.47. The van der Waals surface area contributed by atoms with Crippen molar-refractivity contribution < 1.29 is 0 Å².